The van der Waals surface area contributed by atoms with E-state index in [1.165, 1.54) is 33.0 Å². The number of ether oxygens (including phenoxy) is 3. The molecule has 0 radical (unpaired) electrons. The van der Waals surface area contributed by atoms with Crippen LogP contribution < -0.4 is 0 Å². The molecule has 0 aromatic rings. The van der Waals surface area contributed by atoms with Crippen LogP contribution in [-0.4, -0.2) is 76.5 Å². The van der Waals surface area contributed by atoms with Crippen LogP contribution in [0.1, 0.15) is 187 Å². The summed E-state index contributed by atoms with van der Waals surface area (Å²) in [4.78, 5) is 101. The first-order chi connectivity index (χ1) is 36.3. The largest absolute Gasteiger partial charge is 0.544 e. The van der Waals surface area contributed by atoms with Gasteiger partial charge in [0.1, 0.15) is 23.1 Å². The van der Waals surface area contributed by atoms with Crippen LogP contribution in [0.4, 0.5) is 0 Å². The number of carbonyl (C=O) groups is 8. The maximum atomic E-state index is 13.1. The molecule has 7 fully saturated rings. The van der Waals surface area contributed by atoms with Crippen LogP contribution in [0.5, 0.6) is 0 Å². The number of ketones is 5. The minimum absolute atomic E-state index is 0.0107. The highest BCUT2D eigenvalue weighted by atomic mass is 28.4. The van der Waals surface area contributed by atoms with Crippen molar-refractivity contribution in [1.82, 2.24) is 0 Å². The zero-order valence-electron chi connectivity index (χ0n) is 52.5. The SMILES string of the molecule is C=C(/C=C(\C)[C@@H]1C[C@@H](C)C[C@@H](C)[C@H]1CC(=O)/C=C(/C)C(=O)OC)O[Si](C)(C)C(C)(C)C.COC(=O)[C@]1(C)CC(=O)C[C@@]2(C)[C@@H]3C[C@@H](C)C[C@@H](C)[C@H]3CC(=O)[C@@H]21.COC(=O)[C@]1(C)CC(=O)C[C@]2(C)[C@@H]3C[C@@H](C)C[C@@H](C)[C@H]3CC(=O)[C@H]21. The standard InChI is InChI=1S/C26H44O4Si.2C20H30O4/c1-17-12-18(2)24(16-22(27)15-20(4)25(28)29-9)23(13-17)19(3)14-21(5)30-31(10,11)26(6,7)8;2*1-11-6-12(2)14-8-16(22)17-19(3,15(14)7-11)9-13(21)10-20(17,4)18(23)24-5/h14-15,17-18,23-24H,5,12-13,16H2,1-4,6-11H3;2*11-12,14-15,17H,6-10H2,1-5H3/b19-14+,20-15-;;/t17-,18+,23-,24+;11-,12+,14+,15+,17+,19+,20+;11-,12+,14+,15+,17-,19-,20+/m000/s1. The van der Waals surface area contributed by atoms with Crippen LogP contribution in [-0.2, 0) is 57.0 Å². The normalized spacial score (nSPS) is 39.5. The van der Waals surface area contributed by atoms with Crippen molar-refractivity contribution in [3.05, 3.63) is 35.6 Å². The van der Waals surface area contributed by atoms with Gasteiger partial charge in [0.05, 0.1) is 37.9 Å². The molecule has 12 nitrogen and oxygen atoms in total. The first-order valence-electron chi connectivity index (χ1n) is 30.0. The van der Waals surface area contributed by atoms with Crippen LogP contribution in [0.25, 0.3) is 0 Å². The molecule has 0 amide bonds. The molecule has 0 bridgehead atoms. The van der Waals surface area contributed by atoms with Crippen molar-refractivity contribution < 1.29 is 57.0 Å². The summed E-state index contributed by atoms with van der Waals surface area (Å²) in [5.74, 6) is 4.36. The van der Waals surface area contributed by atoms with E-state index >= 15 is 0 Å². The van der Waals surface area contributed by atoms with Gasteiger partial charge in [-0.15, -0.1) is 0 Å². The van der Waals surface area contributed by atoms with Crippen molar-refractivity contribution in [2.45, 2.75) is 205 Å². The fourth-order valence-electron chi connectivity index (χ4n) is 17.8. The van der Waals surface area contributed by atoms with Gasteiger partial charge in [-0.1, -0.05) is 88.3 Å². The Morgan fingerprint density at radius 2 is 1.01 bits per heavy atom. The second kappa shape index (κ2) is 24.8. The van der Waals surface area contributed by atoms with E-state index in [1.807, 2.05) is 0 Å². The van der Waals surface area contributed by atoms with Gasteiger partial charge in [-0.25, -0.2) is 4.79 Å². The van der Waals surface area contributed by atoms with Crippen LogP contribution in [0.15, 0.2) is 35.6 Å². The number of methoxy groups -OCH3 is 3. The van der Waals surface area contributed by atoms with E-state index in [9.17, 15) is 38.4 Å². The minimum Gasteiger partial charge on any atom is -0.544 e. The van der Waals surface area contributed by atoms with E-state index in [0.29, 0.717) is 103 Å². The van der Waals surface area contributed by atoms with Crippen molar-refractivity contribution in [2.75, 3.05) is 21.3 Å². The van der Waals surface area contributed by atoms with Gasteiger partial charge in [0.2, 0.25) is 8.32 Å². The number of fused-ring (bicyclic) bond motifs is 6. The smallest absolute Gasteiger partial charge is 0.333 e. The molecule has 13 heteroatoms. The van der Waals surface area contributed by atoms with Crippen LogP contribution in [0.3, 0.4) is 0 Å². The van der Waals surface area contributed by atoms with Crippen LogP contribution >= 0.6 is 0 Å². The van der Waals surface area contributed by atoms with E-state index in [1.54, 1.807) is 20.8 Å². The number of esters is 3. The van der Waals surface area contributed by atoms with E-state index < -0.39 is 59.7 Å². The fraction of sp³-hybridized carbons (Fsp3) is 0.788. The van der Waals surface area contributed by atoms with Crippen molar-refractivity contribution in [2.24, 2.45) is 105 Å². The first-order valence-corrected chi connectivity index (χ1v) is 32.9. The minimum atomic E-state index is -1.94. The molecule has 7 aliphatic carbocycles. The third-order valence-corrected chi connectivity index (χ3v) is 26.3. The molecule has 444 valence electrons. The predicted octanol–water partition coefficient (Wildman–Crippen LogP) is 13.7. The second-order valence-electron chi connectivity index (χ2n) is 29.5. The van der Waals surface area contributed by atoms with Gasteiger partial charge < -0.3 is 18.6 Å². The summed E-state index contributed by atoms with van der Waals surface area (Å²) < 4.78 is 21.1. The molecule has 0 heterocycles. The van der Waals surface area contributed by atoms with E-state index in [-0.39, 0.29) is 52.7 Å². The number of allylic oxidation sites excluding steroid dienone is 3. The van der Waals surface area contributed by atoms with Crippen molar-refractivity contribution in [3.63, 3.8) is 0 Å². The van der Waals surface area contributed by atoms with Crippen molar-refractivity contribution >= 4 is 55.1 Å². The van der Waals surface area contributed by atoms with Gasteiger partial charge in [-0.3, -0.25) is 33.6 Å². The molecule has 0 spiro atoms. The Balaban J connectivity index is 0.000000220. The predicted molar refractivity (Wildman–Crippen MR) is 311 cm³/mol. The van der Waals surface area contributed by atoms with Crippen LogP contribution in [0, 0.1) is 105 Å². The van der Waals surface area contributed by atoms with Gasteiger partial charge in [0.15, 0.2) is 5.78 Å². The zero-order valence-corrected chi connectivity index (χ0v) is 53.5. The number of carbonyl (C=O) groups excluding carboxylic acids is 8. The fourth-order valence-corrected chi connectivity index (χ4v) is 18.8. The monoisotopic (exact) mass is 1120 g/mol. The van der Waals surface area contributed by atoms with Gasteiger partial charge >= 0.3 is 17.9 Å². The lowest BCUT2D eigenvalue weighted by atomic mass is 9.42. The molecule has 7 aliphatic rings. The Morgan fingerprint density at radius 1 is 0.608 bits per heavy atom. The third-order valence-electron chi connectivity index (χ3n) is 21.9. The Morgan fingerprint density at radius 3 is 1.41 bits per heavy atom. The van der Waals surface area contributed by atoms with Crippen LogP contribution in [0.2, 0.25) is 18.1 Å². The Kier molecular flexibility index (Phi) is 20.7. The zero-order chi connectivity index (χ0) is 59.9. The molecule has 0 aromatic heterocycles. The average molecular weight is 1120 g/mol. The lowest BCUT2D eigenvalue weighted by Gasteiger charge is -2.60. The molecule has 18 atom stereocenters. The first kappa shape index (κ1) is 65.8. The quantitative estimate of drug-likeness (QED) is 0.0507. The Hall–Kier alpha value is -4.00. The number of hydrogen-bond donors (Lipinski definition) is 0. The molecule has 0 aliphatic heterocycles. The Labute approximate surface area is 477 Å². The third kappa shape index (κ3) is 13.6. The highest BCUT2D eigenvalue weighted by Crippen LogP contribution is 2.65. The summed E-state index contributed by atoms with van der Waals surface area (Å²) in [5.41, 5.74) is -1.27. The molecule has 79 heavy (non-hydrogen) atoms. The summed E-state index contributed by atoms with van der Waals surface area (Å²) in [7, 11) is 2.10. The van der Waals surface area contributed by atoms with Crippen molar-refractivity contribution in [1.29, 1.82) is 0 Å². The second-order valence-corrected chi connectivity index (χ2v) is 34.2. The number of hydrogen-bond acceptors (Lipinski definition) is 12. The summed E-state index contributed by atoms with van der Waals surface area (Å²) >= 11 is 0. The maximum Gasteiger partial charge on any atom is 0.333 e. The lowest BCUT2D eigenvalue weighted by molar-refractivity contribution is -0.185. The Bertz CT molecular complexity index is 2320. The molecule has 0 aromatic carbocycles. The molecule has 0 saturated heterocycles. The molecule has 0 N–H and O–H groups in total. The lowest BCUT2D eigenvalue weighted by Crippen LogP contribution is -2.62. The van der Waals surface area contributed by atoms with E-state index in [0.717, 1.165) is 44.3 Å². The van der Waals surface area contributed by atoms with Gasteiger partial charge in [-0.05, 0) is 178 Å². The maximum absolute atomic E-state index is 13.1. The van der Waals surface area contributed by atoms with E-state index in [2.05, 4.69) is 109 Å². The van der Waals surface area contributed by atoms with Crippen molar-refractivity contribution in [3.8, 4) is 0 Å². The summed E-state index contributed by atoms with van der Waals surface area (Å²) in [6, 6.07) is 0. The topological polar surface area (TPSA) is 173 Å². The average Bonchev–Trinajstić information content (AvgIpc) is 3.51. The highest BCUT2D eigenvalue weighted by molar-refractivity contribution is 6.74. The van der Waals surface area contributed by atoms with Gasteiger partial charge in [0.25, 0.3) is 0 Å². The van der Waals surface area contributed by atoms with Gasteiger partial charge in [0, 0.05) is 62.4 Å². The summed E-state index contributed by atoms with van der Waals surface area (Å²) in [6.07, 6.45) is 12.8. The molecular formula is C66H104O12Si. The molecule has 0 unspecified atom stereocenters. The molecule has 7 rings (SSSR count). The number of rotatable bonds is 10. The van der Waals surface area contributed by atoms with E-state index in [4.69, 9.17) is 18.6 Å². The summed E-state index contributed by atoms with van der Waals surface area (Å²) in [5, 5.41) is 0.115. The highest BCUT2D eigenvalue weighted by Gasteiger charge is 2.67. The number of Topliss-reactive ketones (excluding diaryl/α,β-unsaturated/α-hetero) is 4. The summed E-state index contributed by atoms with van der Waals surface area (Å²) in [6.45, 7) is 40.4. The van der Waals surface area contributed by atoms with Gasteiger partial charge in [-0.2, -0.15) is 0 Å². The molecule has 7 saturated carbocycles. The molecular weight excluding hydrogens is 1010 g/mol.